The first-order valence-corrected chi connectivity index (χ1v) is 12.7. The maximum Gasteiger partial charge on any atom is 1.00 e. The van der Waals surface area contributed by atoms with Crippen LogP contribution in [-0.4, -0.2) is 32.1 Å². The number of carboxylic acids is 1. The molecule has 1 aliphatic carbocycles. The first kappa shape index (κ1) is 28.3. The van der Waals surface area contributed by atoms with Crippen LogP contribution < -0.4 is 54.2 Å². The molecule has 0 bridgehead atoms. The van der Waals surface area contributed by atoms with Gasteiger partial charge in [-0.25, -0.2) is 0 Å². The Balaban J connectivity index is 0.00000336. The number of carbonyl (C=O) groups excluding carboxylic acids is 2. The van der Waals surface area contributed by atoms with Gasteiger partial charge in [0.25, 0.3) is 5.91 Å². The number of aliphatic carboxylic acids is 1. The molecular formula is C29H27ClNNaO6. The van der Waals surface area contributed by atoms with Gasteiger partial charge >= 0.3 is 29.6 Å². The smallest absolute Gasteiger partial charge is 0.549 e. The van der Waals surface area contributed by atoms with Crippen molar-refractivity contribution < 1.29 is 58.5 Å². The summed E-state index contributed by atoms with van der Waals surface area (Å²) >= 11 is 6.35. The van der Waals surface area contributed by atoms with E-state index >= 15 is 0 Å². The molecule has 2 aliphatic rings. The number of methoxy groups -OCH3 is 1. The van der Waals surface area contributed by atoms with E-state index in [4.69, 9.17) is 25.8 Å². The van der Waals surface area contributed by atoms with Crippen LogP contribution in [-0.2, 0) is 11.2 Å². The van der Waals surface area contributed by atoms with E-state index in [2.05, 4.69) is 23.5 Å². The number of halogens is 1. The Hall–Kier alpha value is -2.71. The number of nitrogens with one attached hydrogen (secondary N) is 1. The van der Waals surface area contributed by atoms with E-state index in [0.717, 1.165) is 11.3 Å². The fourth-order valence-corrected chi connectivity index (χ4v) is 4.78. The monoisotopic (exact) mass is 543 g/mol. The molecule has 192 valence electrons. The standard InChI is InChI=1S/C29H28ClNO6.Na/c1-35-25-14-20(17-2-3-17)5-4-18(25)10-12-31-28(32)19-6-8-21(9-7-19)37-27-16-26-23(15-24(27)30)22(29(33)34)11-13-36-26;/h4-9,14-17,22H,2-3,10-13H2,1H3,(H,31,32)(H,33,34);/q;+1/p-1. The molecule has 7 nitrogen and oxygen atoms in total. The second-order valence-electron chi connectivity index (χ2n) is 9.31. The quantitative estimate of drug-likeness (QED) is 0.412. The largest absolute Gasteiger partial charge is 1.00 e. The first-order chi connectivity index (χ1) is 17.9. The molecule has 3 aromatic rings. The molecule has 1 saturated carbocycles. The van der Waals surface area contributed by atoms with Crippen LogP contribution in [0.15, 0.2) is 54.6 Å². The molecule has 9 heteroatoms. The van der Waals surface area contributed by atoms with Crippen molar-refractivity contribution in [1.82, 2.24) is 5.32 Å². The molecule has 3 aromatic carbocycles. The molecule has 0 aromatic heterocycles. The summed E-state index contributed by atoms with van der Waals surface area (Å²) in [4.78, 5) is 24.1. The van der Waals surface area contributed by atoms with Crippen LogP contribution in [0.4, 0.5) is 0 Å². The molecule has 1 N–H and O–H groups in total. The number of benzene rings is 3. The van der Waals surface area contributed by atoms with Crippen molar-refractivity contribution in [2.75, 3.05) is 20.3 Å². The summed E-state index contributed by atoms with van der Waals surface area (Å²) in [6.07, 6.45) is 3.47. The predicted molar refractivity (Wildman–Crippen MR) is 137 cm³/mol. The minimum Gasteiger partial charge on any atom is -0.549 e. The van der Waals surface area contributed by atoms with Crippen LogP contribution in [0.5, 0.6) is 23.0 Å². The van der Waals surface area contributed by atoms with Gasteiger partial charge in [-0.05, 0) is 79.1 Å². The summed E-state index contributed by atoms with van der Waals surface area (Å²) in [6.45, 7) is 0.753. The number of ether oxygens (including phenoxy) is 3. The maximum absolute atomic E-state index is 12.6. The van der Waals surface area contributed by atoms with Crippen molar-refractivity contribution in [3.05, 3.63) is 81.9 Å². The summed E-state index contributed by atoms with van der Waals surface area (Å²) in [5, 5.41) is 14.6. The summed E-state index contributed by atoms with van der Waals surface area (Å²) in [5.41, 5.74) is 3.36. The fraction of sp³-hybridized carbons (Fsp3) is 0.310. The van der Waals surface area contributed by atoms with Gasteiger partial charge < -0.3 is 29.4 Å². The SMILES string of the molecule is COc1cc(C2CC2)ccc1CCNC(=O)c1ccc(Oc2cc3c(cc2Cl)C(C(=O)[O-])CCO3)cc1.[Na+]. The van der Waals surface area contributed by atoms with Gasteiger partial charge in [0.2, 0.25) is 0 Å². The van der Waals surface area contributed by atoms with E-state index < -0.39 is 11.9 Å². The minimum absolute atomic E-state index is 0. The van der Waals surface area contributed by atoms with Crippen LogP contribution in [0.3, 0.4) is 0 Å². The second kappa shape index (κ2) is 12.4. The summed E-state index contributed by atoms with van der Waals surface area (Å²) in [5.74, 6) is 0.632. The summed E-state index contributed by atoms with van der Waals surface area (Å²) < 4.78 is 17.0. The molecule has 5 rings (SSSR count). The molecule has 1 aliphatic heterocycles. The van der Waals surface area contributed by atoms with Gasteiger partial charge in [-0.3, -0.25) is 4.79 Å². The Morgan fingerprint density at radius 1 is 1.05 bits per heavy atom. The Morgan fingerprint density at radius 2 is 1.82 bits per heavy atom. The zero-order valence-electron chi connectivity index (χ0n) is 21.4. The van der Waals surface area contributed by atoms with Crippen molar-refractivity contribution in [1.29, 1.82) is 0 Å². The molecule has 1 fully saturated rings. The van der Waals surface area contributed by atoms with Gasteiger partial charge in [-0.1, -0.05) is 23.7 Å². The molecule has 0 spiro atoms. The van der Waals surface area contributed by atoms with E-state index in [1.165, 1.54) is 18.4 Å². The van der Waals surface area contributed by atoms with Crippen molar-refractivity contribution >= 4 is 23.5 Å². The molecule has 1 atom stereocenters. The Morgan fingerprint density at radius 3 is 2.50 bits per heavy atom. The minimum atomic E-state index is -1.16. The average Bonchev–Trinajstić information content (AvgIpc) is 3.75. The Kier molecular flexibility index (Phi) is 9.26. The zero-order valence-corrected chi connectivity index (χ0v) is 24.2. The number of hydrogen-bond donors (Lipinski definition) is 1. The Bertz CT molecular complexity index is 1330. The topological polar surface area (TPSA) is 96.9 Å². The third-order valence-electron chi connectivity index (χ3n) is 6.77. The van der Waals surface area contributed by atoms with Gasteiger partial charge in [-0.15, -0.1) is 0 Å². The van der Waals surface area contributed by atoms with E-state index in [1.807, 2.05) is 0 Å². The number of carbonyl (C=O) groups is 2. The number of hydrogen-bond acceptors (Lipinski definition) is 6. The van der Waals surface area contributed by atoms with Crippen LogP contribution in [0, 0.1) is 0 Å². The predicted octanol–water partition coefficient (Wildman–Crippen LogP) is 1.61. The van der Waals surface area contributed by atoms with Crippen LogP contribution in [0.1, 0.15) is 58.1 Å². The van der Waals surface area contributed by atoms with Crippen molar-refractivity contribution in [2.24, 2.45) is 0 Å². The molecule has 1 unspecified atom stereocenters. The van der Waals surface area contributed by atoms with Crippen LogP contribution in [0.25, 0.3) is 0 Å². The molecule has 0 radical (unpaired) electrons. The third-order valence-corrected chi connectivity index (χ3v) is 7.07. The molecular weight excluding hydrogens is 517 g/mol. The first-order valence-electron chi connectivity index (χ1n) is 12.3. The third kappa shape index (κ3) is 6.46. The van der Waals surface area contributed by atoms with E-state index in [1.54, 1.807) is 43.5 Å². The number of carboxylic acid groups (broad SMARTS) is 1. The normalized spacial score (nSPS) is 15.9. The number of amides is 1. The molecule has 1 amide bonds. The number of rotatable bonds is 9. The maximum atomic E-state index is 12.6. The van der Waals surface area contributed by atoms with Crippen molar-refractivity contribution in [3.8, 4) is 23.0 Å². The van der Waals surface area contributed by atoms with Gasteiger partial charge in [-0.2, -0.15) is 0 Å². The fourth-order valence-electron chi connectivity index (χ4n) is 4.57. The zero-order chi connectivity index (χ0) is 25.9. The van der Waals surface area contributed by atoms with E-state index in [9.17, 15) is 14.7 Å². The van der Waals surface area contributed by atoms with Gasteiger partial charge in [0.05, 0.1) is 18.7 Å². The summed E-state index contributed by atoms with van der Waals surface area (Å²) in [7, 11) is 1.67. The molecule has 1 heterocycles. The van der Waals surface area contributed by atoms with Crippen LogP contribution >= 0.6 is 11.6 Å². The summed E-state index contributed by atoms with van der Waals surface area (Å²) in [6, 6.07) is 16.2. The second-order valence-corrected chi connectivity index (χ2v) is 9.71. The van der Waals surface area contributed by atoms with Crippen LogP contribution in [0.2, 0.25) is 5.02 Å². The number of fused-ring (bicyclic) bond motifs is 1. The van der Waals surface area contributed by atoms with Crippen molar-refractivity contribution in [3.63, 3.8) is 0 Å². The van der Waals surface area contributed by atoms with Gasteiger partial charge in [0, 0.05) is 35.6 Å². The van der Waals surface area contributed by atoms with E-state index in [-0.39, 0.29) is 47.1 Å². The van der Waals surface area contributed by atoms with Gasteiger partial charge in [0.1, 0.15) is 23.0 Å². The average molecular weight is 544 g/mol. The van der Waals surface area contributed by atoms with Crippen molar-refractivity contribution in [2.45, 2.75) is 37.5 Å². The Labute approximate surface area is 248 Å². The molecule has 0 saturated heterocycles. The van der Waals surface area contributed by atoms with E-state index in [0.29, 0.717) is 53.7 Å². The molecule has 38 heavy (non-hydrogen) atoms. The van der Waals surface area contributed by atoms with Gasteiger partial charge in [0.15, 0.2) is 0 Å².